The summed E-state index contributed by atoms with van der Waals surface area (Å²) in [6.07, 6.45) is 1.27. The normalized spacial score (nSPS) is 12.1. The molecule has 0 saturated heterocycles. The summed E-state index contributed by atoms with van der Waals surface area (Å²) in [5.41, 5.74) is 1.41. The van der Waals surface area contributed by atoms with E-state index in [2.05, 4.69) is 61.9 Å². The Morgan fingerprint density at radius 1 is 1.07 bits per heavy atom. The zero-order valence-electron chi connectivity index (χ0n) is 9.75. The third-order valence-corrected chi connectivity index (χ3v) is 3.53. The lowest BCUT2D eigenvalue weighted by atomic mass is 10.2. The van der Waals surface area contributed by atoms with Crippen molar-refractivity contribution in [1.82, 2.24) is 4.90 Å². The monoisotopic (exact) mass is 207 g/mol. The second-order valence-electron chi connectivity index (χ2n) is 5.22. The highest BCUT2D eigenvalue weighted by Gasteiger charge is 2.15. The number of hydrogen-bond acceptors (Lipinski definition) is 1. The van der Waals surface area contributed by atoms with Crippen LogP contribution >= 0.6 is 0 Å². The minimum atomic E-state index is -0.948. The van der Waals surface area contributed by atoms with Crippen molar-refractivity contribution in [3.8, 4) is 0 Å². The predicted octanol–water partition coefficient (Wildman–Crippen LogP) is 3.00. The van der Waals surface area contributed by atoms with Gasteiger partial charge in [-0.2, -0.15) is 0 Å². The molecule has 0 aliphatic carbocycles. The van der Waals surface area contributed by atoms with E-state index in [1.54, 1.807) is 0 Å². The number of nitrogens with zero attached hydrogens (tertiary/aromatic N) is 1. The van der Waals surface area contributed by atoms with Gasteiger partial charge in [0, 0.05) is 6.54 Å². The van der Waals surface area contributed by atoms with Crippen LogP contribution in [0, 0.1) is 0 Å². The van der Waals surface area contributed by atoms with Crippen molar-refractivity contribution in [3.63, 3.8) is 0 Å². The van der Waals surface area contributed by atoms with Crippen LogP contribution in [0.25, 0.3) is 0 Å². The molecule has 0 atom stereocenters. The Morgan fingerprint density at radius 3 is 2.14 bits per heavy atom. The maximum absolute atomic E-state index is 2.43. The summed E-state index contributed by atoms with van der Waals surface area (Å²) in [4.78, 5) is 2.43. The highest BCUT2D eigenvalue weighted by molar-refractivity contribution is 6.76. The van der Waals surface area contributed by atoms with Gasteiger partial charge in [0.25, 0.3) is 0 Å². The quantitative estimate of drug-likeness (QED) is 0.686. The van der Waals surface area contributed by atoms with E-state index in [0.29, 0.717) is 0 Å². The van der Waals surface area contributed by atoms with Crippen molar-refractivity contribution < 1.29 is 0 Å². The van der Waals surface area contributed by atoms with Crippen molar-refractivity contribution >= 4 is 8.07 Å². The molecule has 0 heterocycles. The highest BCUT2D eigenvalue weighted by atomic mass is 28.3. The molecule has 0 spiro atoms. The van der Waals surface area contributed by atoms with E-state index in [1.165, 1.54) is 11.7 Å². The molecule has 0 N–H and O–H groups in total. The molecule has 0 bridgehead atoms. The minimum Gasteiger partial charge on any atom is -0.305 e. The van der Waals surface area contributed by atoms with Crippen molar-refractivity contribution in [2.75, 3.05) is 13.2 Å². The molecule has 0 amide bonds. The fraction of sp³-hybridized carbons (Fsp3) is 0.500. The largest absolute Gasteiger partial charge is 0.305 e. The lowest BCUT2D eigenvalue weighted by Gasteiger charge is -2.24. The number of hydrogen-bond donors (Lipinski definition) is 0. The van der Waals surface area contributed by atoms with E-state index in [-0.39, 0.29) is 0 Å². The van der Waals surface area contributed by atoms with Crippen LogP contribution < -0.4 is 0 Å². The van der Waals surface area contributed by atoms with E-state index in [4.69, 9.17) is 0 Å². The Morgan fingerprint density at radius 2 is 1.64 bits per heavy atom. The summed E-state index contributed by atoms with van der Waals surface area (Å²) in [6, 6.07) is 10.7. The topological polar surface area (TPSA) is 3.24 Å². The van der Waals surface area contributed by atoms with Crippen LogP contribution in [0.2, 0.25) is 19.6 Å². The standard InChI is InChI=1S/C12H21NSi/c1-13(11-14(2,3)4)10-12-8-6-5-7-9-12/h5-9H,10-11H2,1-4H3. The summed E-state index contributed by atoms with van der Waals surface area (Å²) < 4.78 is 0. The molecule has 0 aromatic heterocycles. The third-order valence-electron chi connectivity index (χ3n) is 2.04. The van der Waals surface area contributed by atoms with Crippen molar-refractivity contribution in [2.45, 2.75) is 26.2 Å². The Hall–Kier alpha value is -0.603. The molecule has 0 aliphatic rings. The van der Waals surface area contributed by atoms with E-state index in [9.17, 15) is 0 Å². The maximum Gasteiger partial charge on any atom is 0.0599 e. The molecule has 1 rings (SSSR count). The molecule has 0 fully saturated rings. The van der Waals surface area contributed by atoms with E-state index in [0.717, 1.165) is 6.54 Å². The van der Waals surface area contributed by atoms with Gasteiger partial charge in [0.15, 0.2) is 0 Å². The fourth-order valence-corrected chi connectivity index (χ4v) is 3.49. The average Bonchev–Trinajstić information content (AvgIpc) is 2.02. The van der Waals surface area contributed by atoms with Crippen LogP contribution in [0.3, 0.4) is 0 Å². The predicted molar refractivity (Wildman–Crippen MR) is 66.1 cm³/mol. The van der Waals surface area contributed by atoms with Crippen LogP contribution in [-0.4, -0.2) is 26.2 Å². The third kappa shape index (κ3) is 4.58. The van der Waals surface area contributed by atoms with Crippen molar-refractivity contribution in [3.05, 3.63) is 35.9 Å². The van der Waals surface area contributed by atoms with Gasteiger partial charge in [-0.15, -0.1) is 0 Å². The van der Waals surface area contributed by atoms with Gasteiger partial charge in [0.2, 0.25) is 0 Å². The first kappa shape index (κ1) is 11.5. The van der Waals surface area contributed by atoms with Gasteiger partial charge in [-0.25, -0.2) is 0 Å². The molecule has 1 aromatic carbocycles. The van der Waals surface area contributed by atoms with E-state index < -0.39 is 8.07 Å². The van der Waals surface area contributed by atoms with Crippen molar-refractivity contribution in [1.29, 1.82) is 0 Å². The minimum absolute atomic E-state index is 0.948. The van der Waals surface area contributed by atoms with Gasteiger partial charge in [-0.3, -0.25) is 0 Å². The van der Waals surface area contributed by atoms with E-state index in [1.807, 2.05) is 0 Å². The molecule has 1 aromatic rings. The molecule has 2 heteroatoms. The van der Waals surface area contributed by atoms with Crippen LogP contribution in [0.1, 0.15) is 5.56 Å². The van der Waals surface area contributed by atoms with Crippen LogP contribution in [-0.2, 0) is 6.54 Å². The zero-order chi connectivity index (χ0) is 10.6. The Kier molecular flexibility index (Phi) is 3.90. The van der Waals surface area contributed by atoms with Gasteiger partial charge in [-0.05, 0) is 18.8 Å². The fourth-order valence-electron chi connectivity index (χ4n) is 1.76. The summed E-state index contributed by atoms with van der Waals surface area (Å²) in [6.45, 7) is 8.31. The van der Waals surface area contributed by atoms with Crippen LogP contribution in [0.15, 0.2) is 30.3 Å². The molecule has 0 aliphatic heterocycles. The van der Waals surface area contributed by atoms with Gasteiger partial charge in [-0.1, -0.05) is 50.0 Å². The maximum atomic E-state index is 2.43. The highest BCUT2D eigenvalue weighted by Crippen LogP contribution is 2.07. The number of rotatable bonds is 4. The molecular formula is C12H21NSi. The molecule has 1 nitrogen and oxygen atoms in total. The molecule has 0 unspecified atom stereocenters. The summed E-state index contributed by atoms with van der Waals surface area (Å²) in [5.74, 6) is 0. The lowest BCUT2D eigenvalue weighted by Crippen LogP contribution is -2.37. The zero-order valence-corrected chi connectivity index (χ0v) is 10.7. The summed E-state index contributed by atoms with van der Waals surface area (Å²) in [5, 5.41) is 0. The smallest absolute Gasteiger partial charge is 0.0599 e. The Bertz CT molecular complexity index is 263. The van der Waals surface area contributed by atoms with Crippen LogP contribution in [0.5, 0.6) is 0 Å². The van der Waals surface area contributed by atoms with Crippen molar-refractivity contribution in [2.24, 2.45) is 0 Å². The molecule has 78 valence electrons. The number of benzene rings is 1. The van der Waals surface area contributed by atoms with Gasteiger partial charge < -0.3 is 4.90 Å². The first-order valence-electron chi connectivity index (χ1n) is 5.20. The second kappa shape index (κ2) is 4.76. The lowest BCUT2D eigenvalue weighted by molar-refractivity contribution is 0.375. The first-order chi connectivity index (χ1) is 6.47. The molecular weight excluding hydrogens is 186 g/mol. The van der Waals surface area contributed by atoms with Gasteiger partial charge in [0.1, 0.15) is 0 Å². The first-order valence-corrected chi connectivity index (χ1v) is 8.90. The van der Waals surface area contributed by atoms with Crippen LogP contribution in [0.4, 0.5) is 0 Å². The summed E-state index contributed by atoms with van der Waals surface area (Å²) in [7, 11) is 1.27. The molecule has 14 heavy (non-hydrogen) atoms. The SMILES string of the molecule is CN(Cc1ccccc1)C[Si](C)(C)C. The second-order valence-corrected chi connectivity index (χ2v) is 10.7. The Balaban J connectivity index is 2.46. The summed E-state index contributed by atoms with van der Waals surface area (Å²) >= 11 is 0. The average molecular weight is 207 g/mol. The van der Waals surface area contributed by atoms with E-state index >= 15 is 0 Å². The Labute approximate surface area is 88.8 Å². The van der Waals surface area contributed by atoms with Gasteiger partial charge >= 0.3 is 0 Å². The molecule has 0 radical (unpaired) electrons. The molecule has 0 saturated carbocycles. The van der Waals surface area contributed by atoms with Gasteiger partial charge in [0.05, 0.1) is 8.07 Å².